The molecule has 0 radical (unpaired) electrons. The number of nitrogens with zero attached hydrogens (tertiary/aromatic N) is 1. The molecule has 1 aromatic rings. The third kappa shape index (κ3) is 4.22. The second-order valence-corrected chi connectivity index (χ2v) is 5.37. The van der Waals surface area contributed by atoms with Crippen LogP contribution in [0, 0.1) is 0 Å². The van der Waals surface area contributed by atoms with Crippen molar-refractivity contribution in [2.45, 2.75) is 17.9 Å². The molecule has 1 atom stereocenters. The Morgan fingerprint density at radius 1 is 1.53 bits per heavy atom. The molecule has 0 bridgehead atoms. The average Bonchev–Trinajstić information content (AvgIpc) is 2.26. The van der Waals surface area contributed by atoms with Crippen LogP contribution < -0.4 is 0 Å². The summed E-state index contributed by atoms with van der Waals surface area (Å²) < 4.78 is 0. The Bertz CT molecular complexity index is 407. The number of thioether (sulfide) groups is 1. The van der Waals surface area contributed by atoms with Gasteiger partial charge in [-0.2, -0.15) is 0 Å². The van der Waals surface area contributed by atoms with E-state index >= 15 is 0 Å². The topological polar surface area (TPSA) is 40.5 Å². The molecule has 94 valence electrons. The molecular formula is C12H16ClNO2S. The van der Waals surface area contributed by atoms with Gasteiger partial charge in [0.2, 0.25) is 5.91 Å². The van der Waals surface area contributed by atoms with Gasteiger partial charge in [0.25, 0.3) is 0 Å². The highest BCUT2D eigenvalue weighted by Crippen LogP contribution is 2.29. The molecule has 0 aromatic heterocycles. The van der Waals surface area contributed by atoms with Gasteiger partial charge in [0.15, 0.2) is 0 Å². The highest BCUT2D eigenvalue weighted by Gasteiger charge is 2.09. The molecule has 1 aromatic carbocycles. The highest BCUT2D eigenvalue weighted by atomic mass is 35.5. The van der Waals surface area contributed by atoms with Gasteiger partial charge in [-0.1, -0.05) is 17.7 Å². The van der Waals surface area contributed by atoms with Gasteiger partial charge in [0.1, 0.15) is 0 Å². The number of hydrogen-bond acceptors (Lipinski definition) is 3. The van der Waals surface area contributed by atoms with Gasteiger partial charge >= 0.3 is 0 Å². The lowest BCUT2D eigenvalue weighted by atomic mass is 10.1. The van der Waals surface area contributed by atoms with Gasteiger partial charge in [-0.05, 0) is 24.6 Å². The summed E-state index contributed by atoms with van der Waals surface area (Å²) in [5.41, 5.74) is 0.776. The van der Waals surface area contributed by atoms with Crippen LogP contribution in [0.15, 0.2) is 23.1 Å². The molecule has 0 fully saturated rings. The van der Waals surface area contributed by atoms with Crippen LogP contribution in [0.25, 0.3) is 0 Å². The number of hydrogen-bond donors (Lipinski definition) is 1. The molecule has 1 N–H and O–H groups in total. The van der Waals surface area contributed by atoms with Crippen LogP contribution in [-0.2, 0) is 4.79 Å². The fourth-order valence-corrected chi connectivity index (χ4v) is 2.41. The lowest BCUT2D eigenvalue weighted by Gasteiger charge is -2.11. The number of carbonyl (C=O) groups excluding carboxylic acids is 1. The third-order valence-corrected chi connectivity index (χ3v) is 3.77. The fourth-order valence-electron chi connectivity index (χ4n) is 1.16. The second kappa shape index (κ2) is 6.28. The minimum atomic E-state index is -0.532. The Morgan fingerprint density at radius 3 is 2.65 bits per heavy atom. The molecule has 1 rings (SSSR count). The Hall–Kier alpha value is -0.710. The van der Waals surface area contributed by atoms with Crippen molar-refractivity contribution in [1.82, 2.24) is 4.90 Å². The molecule has 0 saturated carbocycles. The molecule has 0 spiro atoms. The molecule has 5 heteroatoms. The van der Waals surface area contributed by atoms with E-state index in [1.54, 1.807) is 32.0 Å². The number of rotatable bonds is 4. The maximum absolute atomic E-state index is 11.4. The Balaban J connectivity index is 2.70. The minimum absolute atomic E-state index is 0.0469. The first-order valence-corrected chi connectivity index (χ1v) is 6.58. The van der Waals surface area contributed by atoms with Crippen molar-refractivity contribution < 1.29 is 9.90 Å². The zero-order valence-electron chi connectivity index (χ0n) is 10.1. The first-order valence-electron chi connectivity index (χ1n) is 5.22. The monoisotopic (exact) mass is 273 g/mol. The number of amides is 1. The quantitative estimate of drug-likeness (QED) is 0.857. The van der Waals surface area contributed by atoms with Gasteiger partial charge in [0, 0.05) is 19.0 Å². The number of aliphatic hydroxyl groups excluding tert-OH is 1. The number of halogens is 1. The van der Waals surface area contributed by atoms with E-state index in [1.165, 1.54) is 11.8 Å². The summed E-state index contributed by atoms with van der Waals surface area (Å²) in [6.45, 7) is 1.69. The van der Waals surface area contributed by atoms with Crippen LogP contribution in [0.3, 0.4) is 0 Å². The van der Waals surface area contributed by atoms with Gasteiger partial charge < -0.3 is 10.0 Å². The SMILES string of the molecule is C[C@H](O)c1ccc(SCC(=O)N(C)C)c(Cl)c1. The van der Waals surface area contributed by atoms with E-state index < -0.39 is 6.10 Å². The zero-order chi connectivity index (χ0) is 13.0. The van der Waals surface area contributed by atoms with Crippen molar-refractivity contribution in [2.75, 3.05) is 19.8 Å². The molecule has 0 aliphatic rings. The summed E-state index contributed by atoms with van der Waals surface area (Å²) in [5.74, 6) is 0.409. The lowest BCUT2D eigenvalue weighted by Crippen LogP contribution is -2.23. The summed E-state index contributed by atoms with van der Waals surface area (Å²) in [6, 6.07) is 5.38. The number of carbonyl (C=O) groups is 1. The fraction of sp³-hybridized carbons (Fsp3) is 0.417. The summed E-state index contributed by atoms with van der Waals surface area (Å²) in [4.78, 5) is 13.8. The molecule has 0 saturated heterocycles. The largest absolute Gasteiger partial charge is 0.389 e. The zero-order valence-corrected chi connectivity index (χ0v) is 11.7. The van der Waals surface area contributed by atoms with Gasteiger partial charge in [-0.25, -0.2) is 0 Å². The van der Waals surface area contributed by atoms with Crippen molar-refractivity contribution in [3.05, 3.63) is 28.8 Å². The predicted octanol–water partition coefficient (Wildman–Crippen LogP) is 2.57. The van der Waals surface area contributed by atoms with Gasteiger partial charge in [0.05, 0.1) is 16.9 Å². The van der Waals surface area contributed by atoms with Crippen LogP contribution >= 0.6 is 23.4 Å². The van der Waals surface area contributed by atoms with E-state index in [-0.39, 0.29) is 5.91 Å². The standard InChI is InChI=1S/C12H16ClNO2S/c1-8(15)9-4-5-11(10(13)6-9)17-7-12(16)14(2)3/h4-6,8,15H,7H2,1-3H3/t8-/m0/s1. The molecule has 0 unspecified atom stereocenters. The minimum Gasteiger partial charge on any atom is -0.389 e. The van der Waals surface area contributed by atoms with Crippen molar-refractivity contribution in [3.63, 3.8) is 0 Å². The van der Waals surface area contributed by atoms with Crippen molar-refractivity contribution >= 4 is 29.3 Å². The molecule has 3 nitrogen and oxygen atoms in total. The van der Waals surface area contributed by atoms with E-state index in [0.717, 1.165) is 10.5 Å². The van der Waals surface area contributed by atoms with E-state index in [4.69, 9.17) is 11.6 Å². The van der Waals surface area contributed by atoms with E-state index in [0.29, 0.717) is 10.8 Å². The van der Waals surface area contributed by atoms with Crippen molar-refractivity contribution in [3.8, 4) is 0 Å². The van der Waals surface area contributed by atoms with Crippen LogP contribution in [0.4, 0.5) is 0 Å². The molecule has 0 heterocycles. The number of benzene rings is 1. The molecule has 0 aliphatic carbocycles. The van der Waals surface area contributed by atoms with Crippen molar-refractivity contribution in [1.29, 1.82) is 0 Å². The Kier molecular flexibility index (Phi) is 5.31. The maximum Gasteiger partial charge on any atom is 0.232 e. The van der Waals surface area contributed by atoms with E-state index in [9.17, 15) is 9.90 Å². The Labute approximate surface area is 111 Å². The average molecular weight is 274 g/mol. The highest BCUT2D eigenvalue weighted by molar-refractivity contribution is 8.00. The molecule has 17 heavy (non-hydrogen) atoms. The van der Waals surface area contributed by atoms with Gasteiger partial charge in [-0.15, -0.1) is 11.8 Å². The number of aliphatic hydroxyl groups is 1. The second-order valence-electron chi connectivity index (χ2n) is 3.94. The maximum atomic E-state index is 11.4. The van der Waals surface area contributed by atoms with Crippen LogP contribution in [0.1, 0.15) is 18.6 Å². The third-order valence-electron chi connectivity index (χ3n) is 2.29. The summed E-state index contributed by atoms with van der Waals surface area (Å²) in [7, 11) is 3.45. The van der Waals surface area contributed by atoms with Crippen LogP contribution in [0.5, 0.6) is 0 Å². The molecular weight excluding hydrogens is 258 g/mol. The summed E-state index contributed by atoms with van der Waals surface area (Å²) >= 11 is 7.48. The van der Waals surface area contributed by atoms with Crippen LogP contribution in [-0.4, -0.2) is 35.8 Å². The van der Waals surface area contributed by atoms with Crippen LogP contribution in [0.2, 0.25) is 5.02 Å². The van der Waals surface area contributed by atoms with E-state index in [1.807, 2.05) is 12.1 Å². The van der Waals surface area contributed by atoms with Gasteiger partial charge in [-0.3, -0.25) is 4.79 Å². The smallest absolute Gasteiger partial charge is 0.232 e. The summed E-state index contributed by atoms with van der Waals surface area (Å²) in [6.07, 6.45) is -0.532. The molecule has 1 amide bonds. The van der Waals surface area contributed by atoms with E-state index in [2.05, 4.69) is 0 Å². The summed E-state index contributed by atoms with van der Waals surface area (Å²) in [5, 5.41) is 9.97. The lowest BCUT2D eigenvalue weighted by molar-refractivity contribution is -0.125. The predicted molar refractivity (Wildman–Crippen MR) is 71.5 cm³/mol. The Morgan fingerprint density at radius 2 is 2.18 bits per heavy atom. The van der Waals surface area contributed by atoms with Crippen molar-refractivity contribution in [2.24, 2.45) is 0 Å². The first-order chi connectivity index (χ1) is 7.91. The normalized spacial score (nSPS) is 12.3. The molecule has 0 aliphatic heterocycles. The first kappa shape index (κ1) is 14.4.